The lowest BCUT2D eigenvalue weighted by Gasteiger charge is -2.13. The first-order valence-corrected chi connectivity index (χ1v) is 6.00. The number of aromatic nitrogens is 3. The van der Waals surface area contributed by atoms with Crippen LogP contribution in [0.5, 0.6) is 0 Å². The summed E-state index contributed by atoms with van der Waals surface area (Å²) < 4.78 is 0. The molecule has 0 bridgehead atoms. The van der Waals surface area contributed by atoms with E-state index < -0.39 is 0 Å². The molecule has 1 heterocycles. The molecule has 1 aromatic heterocycles. The van der Waals surface area contributed by atoms with Gasteiger partial charge < -0.3 is 5.32 Å². The first-order chi connectivity index (χ1) is 7.45. The van der Waals surface area contributed by atoms with E-state index in [1.165, 1.54) is 38.5 Å². The van der Waals surface area contributed by atoms with Crippen LogP contribution in [0.1, 0.15) is 44.3 Å². The molecule has 0 amide bonds. The fourth-order valence-electron chi connectivity index (χ4n) is 2.28. The van der Waals surface area contributed by atoms with Crippen molar-refractivity contribution in [3.8, 4) is 0 Å². The molecule has 0 unspecified atom stereocenters. The fourth-order valence-corrected chi connectivity index (χ4v) is 2.28. The Morgan fingerprint density at radius 3 is 2.73 bits per heavy atom. The Hall–Kier alpha value is -0.900. The second-order valence-electron chi connectivity index (χ2n) is 4.42. The zero-order valence-corrected chi connectivity index (χ0v) is 9.21. The Morgan fingerprint density at radius 2 is 2.07 bits per heavy atom. The van der Waals surface area contributed by atoms with E-state index in [-0.39, 0.29) is 0 Å². The van der Waals surface area contributed by atoms with Crippen LogP contribution in [-0.4, -0.2) is 21.7 Å². The van der Waals surface area contributed by atoms with Crippen LogP contribution in [0.25, 0.3) is 0 Å². The molecule has 1 saturated carbocycles. The highest BCUT2D eigenvalue weighted by atomic mass is 15.2. The lowest BCUT2D eigenvalue weighted by molar-refractivity contribution is 0.422. The maximum atomic E-state index is 4.09. The lowest BCUT2D eigenvalue weighted by atomic mass is 10.0. The van der Waals surface area contributed by atoms with Gasteiger partial charge in [0.1, 0.15) is 12.2 Å². The van der Waals surface area contributed by atoms with Gasteiger partial charge in [0, 0.05) is 0 Å². The number of aromatic amines is 1. The molecule has 1 aromatic rings. The number of hydrogen-bond acceptors (Lipinski definition) is 3. The smallest absolute Gasteiger partial charge is 0.138 e. The van der Waals surface area contributed by atoms with Crippen molar-refractivity contribution in [1.29, 1.82) is 0 Å². The molecule has 0 aromatic carbocycles. The van der Waals surface area contributed by atoms with Gasteiger partial charge in [0.2, 0.25) is 0 Å². The molecule has 0 saturated heterocycles. The lowest BCUT2D eigenvalue weighted by Crippen LogP contribution is -2.22. The number of nitrogens with zero attached hydrogens (tertiary/aromatic N) is 2. The highest BCUT2D eigenvalue weighted by molar-refractivity contribution is 4.79. The third-order valence-electron chi connectivity index (χ3n) is 3.17. The van der Waals surface area contributed by atoms with Crippen molar-refractivity contribution >= 4 is 0 Å². The summed E-state index contributed by atoms with van der Waals surface area (Å²) in [6.45, 7) is 1.94. The molecule has 4 nitrogen and oxygen atoms in total. The van der Waals surface area contributed by atoms with E-state index in [0.29, 0.717) is 0 Å². The molecule has 2 rings (SSSR count). The molecular weight excluding hydrogens is 188 g/mol. The molecule has 2 N–H and O–H groups in total. The molecule has 84 valence electrons. The zero-order chi connectivity index (χ0) is 10.3. The highest BCUT2D eigenvalue weighted by Crippen LogP contribution is 2.21. The van der Waals surface area contributed by atoms with Crippen molar-refractivity contribution in [3.63, 3.8) is 0 Å². The Balaban J connectivity index is 1.64. The van der Waals surface area contributed by atoms with E-state index in [1.54, 1.807) is 6.33 Å². The van der Waals surface area contributed by atoms with Crippen molar-refractivity contribution in [2.75, 3.05) is 6.54 Å². The van der Waals surface area contributed by atoms with Crippen LogP contribution in [0.3, 0.4) is 0 Å². The first-order valence-electron chi connectivity index (χ1n) is 6.00. The molecule has 1 aliphatic rings. The molecule has 1 fully saturated rings. The maximum absolute atomic E-state index is 4.09. The van der Waals surface area contributed by atoms with Crippen LogP contribution in [0.4, 0.5) is 0 Å². The monoisotopic (exact) mass is 208 g/mol. The van der Waals surface area contributed by atoms with Crippen LogP contribution < -0.4 is 5.32 Å². The summed E-state index contributed by atoms with van der Waals surface area (Å²) in [6.07, 6.45) is 10.0. The summed E-state index contributed by atoms with van der Waals surface area (Å²) in [7, 11) is 0. The van der Waals surface area contributed by atoms with Gasteiger partial charge in [-0.3, -0.25) is 5.10 Å². The van der Waals surface area contributed by atoms with E-state index in [2.05, 4.69) is 20.5 Å². The molecule has 0 radical (unpaired) electrons. The van der Waals surface area contributed by atoms with Crippen molar-refractivity contribution in [3.05, 3.63) is 12.2 Å². The minimum absolute atomic E-state index is 0.816. The van der Waals surface area contributed by atoms with E-state index in [4.69, 9.17) is 0 Å². The molecule has 0 spiro atoms. The van der Waals surface area contributed by atoms with Crippen molar-refractivity contribution < 1.29 is 0 Å². The largest absolute Gasteiger partial charge is 0.310 e. The Kier molecular flexibility index (Phi) is 4.14. The minimum Gasteiger partial charge on any atom is -0.310 e. The molecule has 4 heteroatoms. The summed E-state index contributed by atoms with van der Waals surface area (Å²) in [5.74, 6) is 1.80. The molecular formula is C11H20N4. The molecule has 15 heavy (non-hydrogen) atoms. The van der Waals surface area contributed by atoms with Gasteiger partial charge in [0.25, 0.3) is 0 Å². The number of nitrogens with one attached hydrogen (secondary N) is 2. The van der Waals surface area contributed by atoms with Crippen LogP contribution in [0.15, 0.2) is 6.33 Å². The van der Waals surface area contributed by atoms with Crippen LogP contribution in [-0.2, 0) is 6.54 Å². The Labute approximate surface area is 90.9 Å². The second kappa shape index (κ2) is 5.85. The summed E-state index contributed by atoms with van der Waals surface area (Å²) in [5, 5.41) is 10.1. The number of H-pyrrole nitrogens is 1. The average molecular weight is 208 g/mol. The number of hydrogen-bond donors (Lipinski definition) is 2. The normalized spacial score (nSPS) is 18.9. The summed E-state index contributed by atoms with van der Waals surface area (Å²) in [6, 6.07) is 0. The standard InChI is InChI=1S/C11H20N4/c1-2-4-6-10(5-3-1)7-12-8-11-13-9-14-15-11/h9-10,12H,1-8H2,(H,13,14,15). The quantitative estimate of drug-likeness (QED) is 0.743. The summed E-state index contributed by atoms with van der Waals surface area (Å²) in [5.41, 5.74) is 0. The van der Waals surface area contributed by atoms with Gasteiger partial charge in [-0.2, -0.15) is 5.10 Å². The van der Waals surface area contributed by atoms with Crippen molar-refractivity contribution in [2.45, 2.75) is 45.1 Å². The zero-order valence-electron chi connectivity index (χ0n) is 9.21. The highest BCUT2D eigenvalue weighted by Gasteiger charge is 2.11. The topological polar surface area (TPSA) is 53.6 Å². The Morgan fingerprint density at radius 1 is 1.27 bits per heavy atom. The van der Waals surface area contributed by atoms with Crippen LogP contribution in [0.2, 0.25) is 0 Å². The van der Waals surface area contributed by atoms with Crippen molar-refractivity contribution in [1.82, 2.24) is 20.5 Å². The van der Waals surface area contributed by atoms with Gasteiger partial charge in [-0.05, 0) is 25.3 Å². The van der Waals surface area contributed by atoms with Gasteiger partial charge in [-0.1, -0.05) is 25.7 Å². The average Bonchev–Trinajstić information content (AvgIpc) is 2.62. The molecule has 0 aliphatic heterocycles. The maximum Gasteiger partial charge on any atom is 0.138 e. The van der Waals surface area contributed by atoms with Gasteiger partial charge in [-0.25, -0.2) is 4.98 Å². The molecule has 0 atom stereocenters. The SMILES string of the molecule is c1n[nH]c(CNCC2CCCCCC2)n1. The Bertz CT molecular complexity index is 250. The third kappa shape index (κ3) is 3.63. The van der Waals surface area contributed by atoms with Crippen LogP contribution >= 0.6 is 0 Å². The van der Waals surface area contributed by atoms with Crippen LogP contribution in [0, 0.1) is 5.92 Å². The predicted molar refractivity (Wildman–Crippen MR) is 59.3 cm³/mol. The fraction of sp³-hybridized carbons (Fsp3) is 0.818. The van der Waals surface area contributed by atoms with Gasteiger partial charge in [0.15, 0.2) is 0 Å². The minimum atomic E-state index is 0.816. The van der Waals surface area contributed by atoms with E-state index in [0.717, 1.165) is 24.8 Å². The first kappa shape index (κ1) is 10.6. The number of rotatable bonds is 4. The van der Waals surface area contributed by atoms with E-state index in [9.17, 15) is 0 Å². The second-order valence-corrected chi connectivity index (χ2v) is 4.42. The van der Waals surface area contributed by atoms with Crippen molar-refractivity contribution in [2.24, 2.45) is 5.92 Å². The van der Waals surface area contributed by atoms with Gasteiger partial charge in [-0.15, -0.1) is 0 Å². The summed E-state index contributed by atoms with van der Waals surface area (Å²) >= 11 is 0. The third-order valence-corrected chi connectivity index (χ3v) is 3.17. The summed E-state index contributed by atoms with van der Waals surface area (Å²) in [4.78, 5) is 4.09. The van der Waals surface area contributed by atoms with Gasteiger partial charge >= 0.3 is 0 Å². The van der Waals surface area contributed by atoms with E-state index >= 15 is 0 Å². The molecule has 1 aliphatic carbocycles. The van der Waals surface area contributed by atoms with Gasteiger partial charge in [0.05, 0.1) is 6.54 Å². The predicted octanol–water partition coefficient (Wildman–Crippen LogP) is 1.86. The van der Waals surface area contributed by atoms with E-state index in [1.807, 2.05) is 0 Å².